The summed E-state index contributed by atoms with van der Waals surface area (Å²) < 4.78 is 0. The van der Waals surface area contributed by atoms with Gasteiger partial charge in [0.15, 0.2) is 0 Å². The Morgan fingerprint density at radius 1 is 1.21 bits per heavy atom. The molecule has 0 amide bonds. The number of aliphatic hydroxyl groups is 1. The number of nitrogens with zero attached hydrogens (tertiary/aromatic N) is 1. The molecule has 3 N–H and O–H groups in total. The Morgan fingerprint density at radius 3 is 2.37 bits per heavy atom. The Balaban J connectivity index is 1.83. The molecular formula is C15H27N3O. The van der Waals surface area contributed by atoms with Gasteiger partial charge >= 0.3 is 0 Å². The van der Waals surface area contributed by atoms with Gasteiger partial charge in [-0.1, -0.05) is 13.8 Å². The summed E-state index contributed by atoms with van der Waals surface area (Å²) in [6.07, 6.45) is 4.01. The van der Waals surface area contributed by atoms with Crippen LogP contribution in [0.3, 0.4) is 0 Å². The Morgan fingerprint density at radius 2 is 1.84 bits per heavy atom. The maximum absolute atomic E-state index is 10.6. The normalized spacial score (nSPS) is 21.5. The predicted octanol–water partition coefficient (Wildman–Crippen LogP) is 2.45. The highest BCUT2D eigenvalue weighted by Gasteiger charge is 2.36. The van der Waals surface area contributed by atoms with Crippen LogP contribution >= 0.6 is 0 Å². The summed E-state index contributed by atoms with van der Waals surface area (Å²) in [6.45, 7) is 10.1. The van der Waals surface area contributed by atoms with Gasteiger partial charge in [-0.2, -0.15) is 5.10 Å². The summed E-state index contributed by atoms with van der Waals surface area (Å²) >= 11 is 0. The smallest absolute Gasteiger partial charge is 0.0772 e. The minimum Gasteiger partial charge on any atom is -0.389 e. The standard InChI is InChI=1S/C15H27N3O/c1-11-13(12(2)18-17-11)9-16-10-15(19)7-5-14(3,4)6-8-15/h16,19H,5-10H2,1-4H3,(H,17,18). The van der Waals surface area contributed by atoms with Crippen LogP contribution in [0, 0.1) is 19.3 Å². The average Bonchev–Trinajstić information content (AvgIpc) is 2.65. The van der Waals surface area contributed by atoms with Crippen molar-refractivity contribution in [3.63, 3.8) is 0 Å². The van der Waals surface area contributed by atoms with Crippen molar-refractivity contribution < 1.29 is 5.11 Å². The first-order valence-electron chi connectivity index (χ1n) is 7.25. The van der Waals surface area contributed by atoms with Crippen molar-refractivity contribution in [1.82, 2.24) is 15.5 Å². The van der Waals surface area contributed by atoms with E-state index in [0.717, 1.165) is 43.6 Å². The van der Waals surface area contributed by atoms with Crippen LogP contribution in [0.15, 0.2) is 0 Å². The molecule has 0 saturated heterocycles. The molecule has 0 atom stereocenters. The van der Waals surface area contributed by atoms with Crippen LogP contribution in [0.2, 0.25) is 0 Å². The van der Waals surface area contributed by atoms with Gasteiger partial charge in [-0.25, -0.2) is 0 Å². The van der Waals surface area contributed by atoms with Crippen molar-refractivity contribution in [2.75, 3.05) is 6.54 Å². The molecule has 2 rings (SSSR count). The molecule has 1 aliphatic rings. The molecule has 1 aliphatic carbocycles. The van der Waals surface area contributed by atoms with Crippen LogP contribution in [-0.2, 0) is 6.54 Å². The Bertz CT molecular complexity index is 407. The monoisotopic (exact) mass is 265 g/mol. The maximum Gasteiger partial charge on any atom is 0.0772 e. The second-order valence-corrected chi connectivity index (χ2v) is 6.90. The van der Waals surface area contributed by atoms with E-state index in [1.165, 1.54) is 5.56 Å². The molecule has 4 heteroatoms. The summed E-state index contributed by atoms with van der Waals surface area (Å²) in [6, 6.07) is 0. The zero-order valence-electron chi connectivity index (χ0n) is 12.6. The second-order valence-electron chi connectivity index (χ2n) is 6.90. The quantitative estimate of drug-likeness (QED) is 0.783. The summed E-state index contributed by atoms with van der Waals surface area (Å²) in [7, 11) is 0. The van der Waals surface area contributed by atoms with Gasteiger partial charge in [-0.05, 0) is 44.9 Å². The van der Waals surface area contributed by atoms with E-state index in [1.54, 1.807) is 0 Å². The van der Waals surface area contributed by atoms with E-state index < -0.39 is 5.60 Å². The molecule has 0 unspecified atom stereocenters. The molecular weight excluding hydrogens is 238 g/mol. The first kappa shape index (κ1) is 14.5. The van der Waals surface area contributed by atoms with Gasteiger partial charge in [0.2, 0.25) is 0 Å². The van der Waals surface area contributed by atoms with Crippen LogP contribution in [0.25, 0.3) is 0 Å². The van der Waals surface area contributed by atoms with Crippen molar-refractivity contribution in [2.24, 2.45) is 5.41 Å². The molecule has 1 heterocycles. The van der Waals surface area contributed by atoms with Crippen molar-refractivity contribution in [3.8, 4) is 0 Å². The molecule has 1 aromatic rings. The third-order valence-electron chi connectivity index (χ3n) is 4.57. The van der Waals surface area contributed by atoms with Crippen LogP contribution in [0.4, 0.5) is 0 Å². The highest BCUT2D eigenvalue weighted by atomic mass is 16.3. The molecule has 1 aromatic heterocycles. The minimum absolute atomic E-state index is 0.393. The van der Waals surface area contributed by atoms with Crippen LogP contribution in [0.5, 0.6) is 0 Å². The third-order valence-corrected chi connectivity index (χ3v) is 4.57. The molecule has 0 radical (unpaired) electrons. The first-order chi connectivity index (χ1) is 8.81. The molecule has 0 aliphatic heterocycles. The number of H-pyrrole nitrogens is 1. The number of aryl methyl sites for hydroxylation is 2. The van der Waals surface area contributed by atoms with E-state index in [0.29, 0.717) is 12.0 Å². The topological polar surface area (TPSA) is 60.9 Å². The summed E-state index contributed by atoms with van der Waals surface area (Å²) in [5, 5.41) is 21.2. The summed E-state index contributed by atoms with van der Waals surface area (Å²) in [5.41, 5.74) is 3.24. The lowest BCUT2D eigenvalue weighted by atomic mass is 9.71. The van der Waals surface area contributed by atoms with Crippen LogP contribution in [-0.4, -0.2) is 27.4 Å². The summed E-state index contributed by atoms with van der Waals surface area (Å²) in [5.74, 6) is 0. The molecule has 108 valence electrons. The summed E-state index contributed by atoms with van der Waals surface area (Å²) in [4.78, 5) is 0. The van der Waals surface area contributed by atoms with Gasteiger partial charge in [0, 0.05) is 24.3 Å². The fourth-order valence-corrected chi connectivity index (χ4v) is 2.82. The molecule has 4 nitrogen and oxygen atoms in total. The van der Waals surface area contributed by atoms with Crippen LogP contribution in [0.1, 0.15) is 56.5 Å². The number of hydrogen-bond acceptors (Lipinski definition) is 3. The van der Waals surface area contributed by atoms with Gasteiger partial charge < -0.3 is 10.4 Å². The van der Waals surface area contributed by atoms with Crippen molar-refractivity contribution in [3.05, 3.63) is 17.0 Å². The predicted molar refractivity (Wildman–Crippen MR) is 77.0 cm³/mol. The number of aromatic nitrogens is 2. The lowest BCUT2D eigenvalue weighted by Crippen LogP contribution is -2.44. The highest BCUT2D eigenvalue weighted by molar-refractivity contribution is 5.22. The second kappa shape index (κ2) is 5.25. The largest absolute Gasteiger partial charge is 0.389 e. The molecule has 1 fully saturated rings. The number of rotatable bonds is 4. The molecule has 0 aromatic carbocycles. The van der Waals surface area contributed by atoms with Gasteiger partial charge in [-0.3, -0.25) is 5.10 Å². The van der Waals surface area contributed by atoms with Crippen molar-refractivity contribution >= 4 is 0 Å². The SMILES string of the molecule is Cc1n[nH]c(C)c1CNCC1(O)CCC(C)(C)CC1. The fourth-order valence-electron chi connectivity index (χ4n) is 2.82. The zero-order chi connectivity index (χ0) is 14.1. The number of nitrogens with one attached hydrogen (secondary N) is 2. The minimum atomic E-state index is -0.527. The Kier molecular flexibility index (Phi) is 4.02. The molecule has 19 heavy (non-hydrogen) atoms. The number of hydrogen-bond donors (Lipinski definition) is 3. The van der Waals surface area contributed by atoms with E-state index in [2.05, 4.69) is 29.4 Å². The lowest BCUT2D eigenvalue weighted by molar-refractivity contribution is -0.0245. The first-order valence-corrected chi connectivity index (χ1v) is 7.25. The van der Waals surface area contributed by atoms with E-state index in [-0.39, 0.29) is 0 Å². The van der Waals surface area contributed by atoms with E-state index in [9.17, 15) is 5.11 Å². The van der Waals surface area contributed by atoms with Gasteiger partial charge in [-0.15, -0.1) is 0 Å². The van der Waals surface area contributed by atoms with Crippen molar-refractivity contribution in [2.45, 2.75) is 65.5 Å². The third kappa shape index (κ3) is 3.57. The number of aromatic amines is 1. The van der Waals surface area contributed by atoms with E-state index in [4.69, 9.17) is 0 Å². The lowest BCUT2D eigenvalue weighted by Gasteiger charge is -2.40. The van der Waals surface area contributed by atoms with Gasteiger partial charge in [0.25, 0.3) is 0 Å². The van der Waals surface area contributed by atoms with Crippen molar-refractivity contribution in [1.29, 1.82) is 0 Å². The average molecular weight is 265 g/mol. The van der Waals surface area contributed by atoms with Gasteiger partial charge in [0.05, 0.1) is 11.3 Å². The zero-order valence-corrected chi connectivity index (χ0v) is 12.6. The molecule has 0 bridgehead atoms. The fraction of sp³-hybridized carbons (Fsp3) is 0.800. The van der Waals surface area contributed by atoms with E-state index in [1.807, 2.05) is 13.8 Å². The highest BCUT2D eigenvalue weighted by Crippen LogP contribution is 2.39. The Hall–Kier alpha value is -0.870. The maximum atomic E-state index is 10.6. The molecule has 1 saturated carbocycles. The Labute approximate surface area is 116 Å². The van der Waals surface area contributed by atoms with Gasteiger partial charge in [0.1, 0.15) is 0 Å². The molecule has 0 spiro atoms. The van der Waals surface area contributed by atoms with Crippen LogP contribution < -0.4 is 5.32 Å². The van der Waals surface area contributed by atoms with E-state index >= 15 is 0 Å².